The summed E-state index contributed by atoms with van der Waals surface area (Å²) in [5.41, 5.74) is -1.08. The molecule has 0 aliphatic heterocycles. The van der Waals surface area contributed by atoms with Gasteiger partial charge in [0.15, 0.2) is 5.41 Å². The summed E-state index contributed by atoms with van der Waals surface area (Å²) in [5, 5.41) is 0. The van der Waals surface area contributed by atoms with E-state index in [1.165, 1.54) is 14.2 Å². The molecular weight excluding hydrogens is 387 g/mol. The van der Waals surface area contributed by atoms with Crippen molar-refractivity contribution in [2.75, 3.05) is 18.6 Å². The predicted molar refractivity (Wildman–Crippen MR) is 89.7 cm³/mol. The topological polar surface area (TPSA) is 52.6 Å². The van der Waals surface area contributed by atoms with E-state index >= 15 is 0 Å². The zero-order chi connectivity index (χ0) is 15.6. The maximum Gasteiger partial charge on any atom is 0.323 e. The van der Waals surface area contributed by atoms with Crippen LogP contribution < -0.4 is 0 Å². The molecule has 0 bridgehead atoms. The van der Waals surface area contributed by atoms with Gasteiger partial charge >= 0.3 is 11.9 Å². The molecule has 4 nitrogen and oxygen atoms in total. The second kappa shape index (κ2) is 6.77. The maximum atomic E-state index is 12.2. The minimum Gasteiger partial charge on any atom is -0.468 e. The van der Waals surface area contributed by atoms with Gasteiger partial charge in [-0.05, 0) is 24.7 Å². The van der Waals surface area contributed by atoms with E-state index < -0.39 is 25.4 Å². The number of methoxy groups -OCH3 is 2. The molecule has 2 unspecified atom stereocenters. The highest BCUT2D eigenvalue weighted by atomic mass is 127. The van der Waals surface area contributed by atoms with Crippen LogP contribution in [-0.2, 0) is 19.1 Å². The summed E-state index contributed by atoms with van der Waals surface area (Å²) < 4.78 is 10.8. The van der Waals surface area contributed by atoms with Crippen molar-refractivity contribution in [1.82, 2.24) is 0 Å². The third kappa shape index (κ3) is 3.75. The van der Waals surface area contributed by atoms with Crippen molar-refractivity contribution in [3.63, 3.8) is 0 Å². The van der Waals surface area contributed by atoms with E-state index in [0.717, 1.165) is 10.5 Å². The summed E-state index contributed by atoms with van der Waals surface area (Å²) >= 11 is 2.36. The Kier molecular flexibility index (Phi) is 6.07. The minimum absolute atomic E-state index is 0.389. The summed E-state index contributed by atoms with van der Waals surface area (Å²) in [6.07, 6.45) is 1.13. The Morgan fingerprint density at radius 2 is 1.55 bits per heavy atom. The monoisotopic (exact) mass is 412 g/mol. The quantitative estimate of drug-likeness (QED) is 0.229. The summed E-state index contributed by atoms with van der Waals surface area (Å²) in [4.78, 5) is 24.4. The van der Waals surface area contributed by atoms with E-state index in [4.69, 9.17) is 9.47 Å². The van der Waals surface area contributed by atoms with E-state index in [-0.39, 0.29) is 0 Å². The van der Waals surface area contributed by atoms with E-state index in [9.17, 15) is 9.59 Å². The Balaban J connectivity index is 3.05. The first kappa shape index (κ1) is 17.9. The first-order valence-corrected chi connectivity index (χ1v) is 12.2. The van der Waals surface area contributed by atoms with Crippen LogP contribution in [0.15, 0.2) is 0 Å². The lowest BCUT2D eigenvalue weighted by atomic mass is 9.85. The standard InChI is InChI=1S/C14H25IO4Si/c1-18-12(16)14(13(17)19-2)6-10(8-15)11(7-14)9-20(3,4)5/h10-11H,6-9H2,1-5H3. The summed E-state index contributed by atoms with van der Waals surface area (Å²) in [6.45, 7) is 6.98. The van der Waals surface area contributed by atoms with E-state index in [0.29, 0.717) is 24.7 Å². The molecule has 0 amide bonds. The van der Waals surface area contributed by atoms with E-state index in [2.05, 4.69) is 42.2 Å². The molecule has 1 aliphatic rings. The Bertz CT molecular complexity index is 362. The van der Waals surface area contributed by atoms with Crippen molar-refractivity contribution < 1.29 is 19.1 Å². The van der Waals surface area contributed by atoms with Crippen LogP contribution in [0.1, 0.15) is 12.8 Å². The number of hydrogen-bond acceptors (Lipinski definition) is 4. The van der Waals surface area contributed by atoms with Crippen LogP contribution in [0.5, 0.6) is 0 Å². The fourth-order valence-electron chi connectivity index (χ4n) is 3.33. The molecule has 0 heterocycles. The smallest absolute Gasteiger partial charge is 0.323 e. The summed E-state index contributed by atoms with van der Waals surface area (Å²) in [6, 6.07) is 1.14. The highest BCUT2D eigenvalue weighted by molar-refractivity contribution is 14.1. The van der Waals surface area contributed by atoms with Crippen molar-refractivity contribution >= 4 is 42.6 Å². The predicted octanol–water partition coefficient (Wildman–Crippen LogP) is 3.12. The lowest BCUT2D eigenvalue weighted by Gasteiger charge is -2.25. The van der Waals surface area contributed by atoms with Gasteiger partial charge in [-0.1, -0.05) is 48.3 Å². The molecule has 0 aromatic rings. The number of esters is 2. The fraction of sp³-hybridized carbons (Fsp3) is 0.857. The number of carbonyl (C=O) groups excluding carboxylic acids is 2. The number of hydrogen-bond donors (Lipinski definition) is 0. The molecule has 1 saturated carbocycles. The number of ether oxygens (including phenoxy) is 2. The first-order valence-electron chi connectivity index (χ1n) is 6.93. The van der Waals surface area contributed by atoms with Crippen LogP contribution in [0.3, 0.4) is 0 Å². The highest BCUT2D eigenvalue weighted by Crippen LogP contribution is 2.50. The molecule has 2 atom stereocenters. The lowest BCUT2D eigenvalue weighted by molar-refractivity contribution is -0.169. The van der Waals surface area contributed by atoms with Crippen LogP contribution >= 0.6 is 22.6 Å². The lowest BCUT2D eigenvalue weighted by Crippen LogP contribution is -2.39. The Hall–Kier alpha value is -0.113. The molecule has 0 saturated heterocycles. The summed E-state index contributed by atoms with van der Waals surface area (Å²) in [7, 11) is 1.45. The van der Waals surface area contributed by atoms with Crippen LogP contribution in [-0.4, -0.2) is 38.7 Å². The Morgan fingerprint density at radius 1 is 1.10 bits per heavy atom. The molecule has 0 radical (unpaired) electrons. The first-order chi connectivity index (χ1) is 9.20. The minimum atomic E-state index is -1.24. The van der Waals surface area contributed by atoms with Crippen LogP contribution in [0.4, 0.5) is 0 Å². The normalized spacial score (nSPS) is 25.3. The van der Waals surface area contributed by atoms with Crippen LogP contribution in [0.25, 0.3) is 0 Å². The third-order valence-electron chi connectivity index (χ3n) is 4.11. The average molecular weight is 412 g/mol. The van der Waals surface area contributed by atoms with Crippen molar-refractivity contribution in [2.45, 2.75) is 38.5 Å². The molecule has 0 aromatic heterocycles. The second-order valence-corrected chi connectivity index (χ2v) is 13.3. The van der Waals surface area contributed by atoms with Crippen LogP contribution in [0.2, 0.25) is 25.7 Å². The molecule has 1 rings (SSSR count). The van der Waals surface area contributed by atoms with Gasteiger partial charge in [0.05, 0.1) is 14.2 Å². The second-order valence-electron chi connectivity index (χ2n) is 6.91. The van der Waals surface area contributed by atoms with E-state index in [1.54, 1.807) is 0 Å². The van der Waals surface area contributed by atoms with Crippen molar-refractivity contribution in [3.05, 3.63) is 0 Å². The third-order valence-corrected chi connectivity index (χ3v) is 6.99. The Morgan fingerprint density at radius 3 is 1.90 bits per heavy atom. The average Bonchev–Trinajstić information content (AvgIpc) is 2.74. The molecular formula is C14H25IO4Si. The molecule has 0 aromatic carbocycles. The molecule has 6 heteroatoms. The fourth-order valence-corrected chi connectivity index (χ4v) is 6.41. The molecule has 1 aliphatic carbocycles. The maximum absolute atomic E-state index is 12.2. The van der Waals surface area contributed by atoms with Gasteiger partial charge in [-0.25, -0.2) is 0 Å². The van der Waals surface area contributed by atoms with Gasteiger partial charge in [0.1, 0.15) is 0 Å². The zero-order valence-electron chi connectivity index (χ0n) is 13.0. The highest BCUT2D eigenvalue weighted by Gasteiger charge is 2.57. The number of carbonyl (C=O) groups is 2. The molecule has 20 heavy (non-hydrogen) atoms. The van der Waals surface area contributed by atoms with Crippen molar-refractivity contribution in [3.8, 4) is 0 Å². The Labute approximate surface area is 136 Å². The summed E-state index contributed by atoms with van der Waals surface area (Å²) in [5.74, 6) is -0.0631. The van der Waals surface area contributed by atoms with Crippen molar-refractivity contribution in [2.24, 2.45) is 17.3 Å². The van der Waals surface area contributed by atoms with Crippen molar-refractivity contribution in [1.29, 1.82) is 0 Å². The van der Waals surface area contributed by atoms with Gasteiger partial charge in [-0.2, -0.15) is 0 Å². The molecule has 116 valence electrons. The molecule has 0 N–H and O–H groups in total. The number of alkyl halides is 1. The number of rotatable bonds is 5. The molecule has 1 fully saturated rings. The molecule has 0 spiro atoms. The largest absolute Gasteiger partial charge is 0.468 e. The van der Waals surface area contributed by atoms with Gasteiger partial charge < -0.3 is 9.47 Å². The van der Waals surface area contributed by atoms with Crippen LogP contribution in [0, 0.1) is 17.3 Å². The van der Waals surface area contributed by atoms with Gasteiger partial charge in [0.25, 0.3) is 0 Å². The van der Waals surface area contributed by atoms with Gasteiger partial charge in [-0.15, -0.1) is 0 Å². The SMILES string of the molecule is COC(=O)C1(C(=O)OC)CC(CI)C(C[Si](C)(C)C)C1. The zero-order valence-corrected chi connectivity index (χ0v) is 16.2. The van der Waals surface area contributed by atoms with E-state index in [1.807, 2.05) is 0 Å². The van der Waals surface area contributed by atoms with Gasteiger partial charge in [-0.3, -0.25) is 9.59 Å². The van der Waals surface area contributed by atoms with Gasteiger partial charge in [0.2, 0.25) is 0 Å². The number of halogens is 1. The van der Waals surface area contributed by atoms with Gasteiger partial charge in [0, 0.05) is 12.5 Å².